The van der Waals surface area contributed by atoms with Gasteiger partial charge in [0.15, 0.2) is 0 Å². The summed E-state index contributed by atoms with van der Waals surface area (Å²) in [6, 6.07) is 88.3. The summed E-state index contributed by atoms with van der Waals surface area (Å²) < 4.78 is 2.24. The quantitative estimate of drug-likeness (QED) is 0.142. The lowest BCUT2D eigenvalue weighted by atomic mass is 10.0. The molecule has 0 atom stereocenters. The molecule has 0 saturated carbocycles. The highest BCUT2D eigenvalue weighted by molar-refractivity contribution is 6.08. The Labute approximate surface area is 544 Å². The maximum Gasteiger partial charge on any atom is 0.0488 e. The fourth-order valence-electron chi connectivity index (χ4n) is 8.62. The number of aromatic nitrogens is 3. The van der Waals surface area contributed by atoms with Crippen molar-refractivity contribution in [3.63, 3.8) is 0 Å². The molecule has 3 heteroatoms. The minimum absolute atomic E-state index is 1.10. The van der Waals surface area contributed by atoms with Crippen molar-refractivity contribution in [2.24, 2.45) is 7.05 Å². The van der Waals surface area contributed by atoms with Crippen molar-refractivity contribution < 1.29 is 0 Å². The van der Waals surface area contributed by atoms with Crippen LogP contribution in [0.4, 0.5) is 0 Å². The molecule has 0 spiro atoms. The molecule has 13 aromatic rings. The van der Waals surface area contributed by atoms with Crippen LogP contribution < -0.4 is 0 Å². The molecule has 0 fully saturated rings. The normalized spacial score (nSPS) is 8.80. The Morgan fingerprint density at radius 3 is 0.831 bits per heavy atom. The fourth-order valence-corrected chi connectivity index (χ4v) is 8.62. The molecule has 1 aliphatic rings. The minimum atomic E-state index is 1.10. The molecule has 476 valence electrons. The monoisotopic (exact) mass is 1190 g/mol. The van der Waals surface area contributed by atoms with E-state index in [1.54, 1.807) is 12.4 Å². The van der Waals surface area contributed by atoms with E-state index in [2.05, 4.69) is 240 Å². The second-order valence-electron chi connectivity index (χ2n) is 16.2. The van der Waals surface area contributed by atoms with E-state index < -0.39 is 0 Å². The van der Waals surface area contributed by atoms with Crippen molar-refractivity contribution in [3.8, 4) is 11.1 Å². The van der Waals surface area contributed by atoms with Gasteiger partial charge in [-0.05, 0) is 102 Å². The lowest BCUT2D eigenvalue weighted by Crippen LogP contribution is -1.84. The fraction of sp³-hybridized carbons (Fsp3) is 0.279. The highest BCUT2D eigenvalue weighted by atomic mass is 14.9. The number of rotatable bonds is 0. The predicted octanol–water partition coefficient (Wildman–Crippen LogP) is 28.0. The van der Waals surface area contributed by atoms with Crippen molar-refractivity contribution in [1.29, 1.82) is 0 Å². The number of fused-ring (bicyclic) bond motifs is 11. The summed E-state index contributed by atoms with van der Waals surface area (Å²) in [6.07, 6.45) is 8.28. The van der Waals surface area contributed by atoms with Crippen molar-refractivity contribution in [2.45, 2.75) is 159 Å². The average molecular weight is 1190 g/mol. The number of pyridine rings is 2. The second-order valence-corrected chi connectivity index (χ2v) is 16.2. The van der Waals surface area contributed by atoms with Crippen LogP contribution in [0, 0.1) is 0 Å². The third kappa shape index (κ3) is 28.8. The van der Waals surface area contributed by atoms with E-state index in [0.29, 0.717) is 0 Å². The van der Waals surface area contributed by atoms with Crippen LogP contribution >= 0.6 is 0 Å². The minimum Gasteiger partial charge on any atom is -0.344 e. The average Bonchev–Trinajstić information content (AvgIpc) is 2.49. The molecule has 10 aromatic carbocycles. The van der Waals surface area contributed by atoms with Crippen molar-refractivity contribution >= 4 is 64.9 Å². The first-order valence-corrected chi connectivity index (χ1v) is 33.7. The summed E-state index contributed by atoms with van der Waals surface area (Å²) in [4.78, 5) is 7.80. The number of para-hydroxylation sites is 2. The zero-order valence-corrected chi connectivity index (χ0v) is 59.6. The molecule has 0 radical (unpaired) electrons. The third-order valence-corrected chi connectivity index (χ3v) is 12.0. The highest BCUT2D eigenvalue weighted by Gasteiger charge is 2.16. The molecule has 3 heterocycles. The zero-order chi connectivity index (χ0) is 67.5. The van der Waals surface area contributed by atoms with Gasteiger partial charge in [0, 0.05) is 53.6 Å². The van der Waals surface area contributed by atoms with E-state index in [4.69, 9.17) is 0 Å². The Hall–Kier alpha value is -8.66. The maximum atomic E-state index is 4.01. The van der Waals surface area contributed by atoms with E-state index >= 15 is 0 Å². The Morgan fingerprint density at radius 1 is 0.225 bits per heavy atom. The van der Waals surface area contributed by atoms with Crippen molar-refractivity contribution in [3.05, 3.63) is 291 Å². The van der Waals surface area contributed by atoms with Gasteiger partial charge in [-0.15, -0.1) is 0 Å². The zero-order valence-electron chi connectivity index (χ0n) is 59.6. The van der Waals surface area contributed by atoms with Gasteiger partial charge < -0.3 is 4.57 Å². The molecule has 89 heavy (non-hydrogen) atoms. The van der Waals surface area contributed by atoms with E-state index in [9.17, 15) is 0 Å². The van der Waals surface area contributed by atoms with Crippen molar-refractivity contribution in [1.82, 2.24) is 14.5 Å². The second kappa shape index (κ2) is 58.4. The van der Waals surface area contributed by atoms with Crippen LogP contribution in [0.1, 0.15) is 163 Å². The molecule has 0 saturated heterocycles. The molecule has 1 aliphatic carbocycles. The molecule has 0 bridgehead atoms. The smallest absolute Gasteiger partial charge is 0.0488 e. The summed E-state index contributed by atoms with van der Waals surface area (Å²) in [6.45, 7) is 44.0. The summed E-state index contributed by atoms with van der Waals surface area (Å²) >= 11 is 0. The predicted molar refractivity (Wildman–Crippen MR) is 411 cm³/mol. The summed E-state index contributed by atoms with van der Waals surface area (Å²) in [7, 11) is 2.12. The molecule has 0 aliphatic heterocycles. The standard InChI is InChI=1S/C14H10.C13H11N.C13H10.C10H8.C9H7N.C5H5N.11C2H6/c1-3-7-13-11(5-1)9-10-12-6-2-4-8-14(12)13;1-14-12-8-4-2-6-10(12)11-7-3-5-9-13(11)14;1-3-7-12-10(5-1)9-11-6-2-4-8-13(11)12;1-2-6-10-8-4-3-7-9(10)5-1;1-2-4-9-7-10-6-5-8(9)3-1;1-2-4-6-5-3-1;11*1-2/h1-10H;2-9H,1H3;1-8H,9H2;1-8H;1-7H;1-5H;11*1-2H3. The Morgan fingerprint density at radius 2 is 0.506 bits per heavy atom. The van der Waals surface area contributed by atoms with Crippen LogP contribution in [-0.4, -0.2) is 14.5 Å². The van der Waals surface area contributed by atoms with Crippen LogP contribution in [0.3, 0.4) is 0 Å². The van der Waals surface area contributed by atoms with Gasteiger partial charge in [0.1, 0.15) is 0 Å². The largest absolute Gasteiger partial charge is 0.344 e. The molecular weight excluding hydrogens is 1070 g/mol. The van der Waals surface area contributed by atoms with Gasteiger partial charge in [-0.3, -0.25) is 9.97 Å². The lowest BCUT2D eigenvalue weighted by molar-refractivity contribution is 1.01. The number of nitrogens with zero attached hydrogens (tertiary/aromatic N) is 3. The van der Waals surface area contributed by atoms with E-state index in [1.807, 2.05) is 201 Å². The first-order valence-electron chi connectivity index (χ1n) is 33.7. The molecule has 14 rings (SSSR count). The van der Waals surface area contributed by atoms with Gasteiger partial charge in [-0.25, -0.2) is 0 Å². The summed E-state index contributed by atoms with van der Waals surface area (Å²) in [5.41, 5.74) is 8.35. The van der Waals surface area contributed by atoms with Crippen LogP contribution in [0.15, 0.2) is 280 Å². The number of hydrogen-bond acceptors (Lipinski definition) is 2. The lowest BCUT2D eigenvalue weighted by Gasteiger charge is -2.02. The number of hydrogen-bond donors (Lipinski definition) is 0. The summed E-state index contributed by atoms with van der Waals surface area (Å²) in [5, 5.41) is 13.0. The first-order chi connectivity index (χ1) is 44.2. The highest BCUT2D eigenvalue weighted by Crippen LogP contribution is 2.36. The number of aryl methyl sites for hydroxylation is 1. The Balaban J connectivity index is -0.000000947. The molecule has 0 N–H and O–H groups in total. The van der Waals surface area contributed by atoms with E-state index in [1.165, 1.54) is 87.1 Å². The van der Waals surface area contributed by atoms with Crippen LogP contribution in [-0.2, 0) is 13.5 Å². The summed E-state index contributed by atoms with van der Waals surface area (Å²) in [5.74, 6) is 0. The van der Waals surface area contributed by atoms with Crippen molar-refractivity contribution in [2.75, 3.05) is 0 Å². The molecular formula is C86H117N3. The molecule has 0 unspecified atom stereocenters. The topological polar surface area (TPSA) is 30.7 Å². The van der Waals surface area contributed by atoms with Gasteiger partial charge in [0.25, 0.3) is 0 Å². The Kier molecular flexibility index (Phi) is 55.4. The first kappa shape index (κ1) is 84.5. The maximum absolute atomic E-state index is 4.01. The van der Waals surface area contributed by atoms with E-state index in [-0.39, 0.29) is 0 Å². The molecule has 3 aromatic heterocycles. The van der Waals surface area contributed by atoms with E-state index in [0.717, 1.165) is 6.42 Å². The van der Waals surface area contributed by atoms with Crippen LogP contribution in [0.5, 0.6) is 0 Å². The number of benzene rings is 10. The SMILES string of the molecule is CC.CC.CC.CC.CC.CC.CC.CC.CC.CC.CC.Cn1c2ccccc2c2ccccc21.c1ccc2c(c1)Cc1ccccc1-2.c1ccc2c(c1)ccc1ccccc12.c1ccc2ccccc2c1.c1ccc2cnccc2c1.c1ccncc1. The van der Waals surface area contributed by atoms with Crippen LogP contribution in [0.25, 0.3) is 76.0 Å². The van der Waals surface area contributed by atoms with Gasteiger partial charge in [0.05, 0.1) is 0 Å². The molecule has 3 nitrogen and oxygen atoms in total. The van der Waals surface area contributed by atoms with Gasteiger partial charge in [-0.2, -0.15) is 0 Å². The van der Waals surface area contributed by atoms with Gasteiger partial charge >= 0.3 is 0 Å². The third-order valence-electron chi connectivity index (χ3n) is 12.0. The van der Waals surface area contributed by atoms with Gasteiger partial charge in [-0.1, -0.05) is 377 Å². The molecule has 0 amide bonds. The Bertz CT molecular complexity index is 3270. The van der Waals surface area contributed by atoms with Gasteiger partial charge in [0.2, 0.25) is 0 Å². The van der Waals surface area contributed by atoms with Crippen LogP contribution in [0.2, 0.25) is 0 Å².